The van der Waals surface area contributed by atoms with Crippen molar-refractivity contribution in [2.24, 2.45) is 0 Å². The molecule has 1 N–H and O–H groups in total. The summed E-state index contributed by atoms with van der Waals surface area (Å²) in [6, 6.07) is 13.1. The number of benzene rings is 2. The van der Waals surface area contributed by atoms with E-state index in [1.54, 1.807) is 30.0 Å². The van der Waals surface area contributed by atoms with Gasteiger partial charge < -0.3 is 5.32 Å². The van der Waals surface area contributed by atoms with Crippen LogP contribution in [0.2, 0.25) is 0 Å². The van der Waals surface area contributed by atoms with Gasteiger partial charge in [0.05, 0.1) is 10.4 Å². The van der Waals surface area contributed by atoms with Crippen LogP contribution in [0, 0.1) is 0 Å². The molecular formula is C17H17N3O2S2. The van der Waals surface area contributed by atoms with Crippen LogP contribution in [-0.2, 0) is 16.4 Å². The zero-order valence-corrected chi connectivity index (χ0v) is 15.0. The van der Waals surface area contributed by atoms with Crippen molar-refractivity contribution in [1.29, 1.82) is 0 Å². The van der Waals surface area contributed by atoms with E-state index in [4.69, 9.17) is 0 Å². The van der Waals surface area contributed by atoms with Crippen LogP contribution >= 0.6 is 11.8 Å². The second-order valence-electron chi connectivity index (χ2n) is 5.38. The summed E-state index contributed by atoms with van der Waals surface area (Å²) in [7, 11) is -3.27. The summed E-state index contributed by atoms with van der Waals surface area (Å²) < 4.78 is 23.5. The van der Waals surface area contributed by atoms with E-state index in [1.807, 2.05) is 6.26 Å². The lowest BCUT2D eigenvalue weighted by molar-refractivity contribution is 0.602. The molecular weight excluding hydrogens is 342 g/mol. The minimum absolute atomic E-state index is 0.261. The number of nitrogens with one attached hydrogen (secondary N) is 1. The van der Waals surface area contributed by atoms with Crippen LogP contribution in [0.1, 0.15) is 5.56 Å². The Kier molecular flexibility index (Phi) is 4.73. The van der Waals surface area contributed by atoms with Gasteiger partial charge in [0.15, 0.2) is 9.84 Å². The molecule has 0 aliphatic carbocycles. The zero-order valence-electron chi connectivity index (χ0n) is 13.4. The van der Waals surface area contributed by atoms with Crippen LogP contribution < -0.4 is 5.32 Å². The summed E-state index contributed by atoms with van der Waals surface area (Å²) in [5.74, 6) is 0.624. The minimum atomic E-state index is -3.27. The maximum atomic E-state index is 11.8. The van der Waals surface area contributed by atoms with Crippen molar-refractivity contribution in [3.05, 3.63) is 54.4 Å². The molecule has 0 spiro atoms. The Bertz CT molecular complexity index is 971. The topological polar surface area (TPSA) is 72.0 Å². The first kappa shape index (κ1) is 16.7. The third kappa shape index (κ3) is 3.68. The molecule has 1 heterocycles. The van der Waals surface area contributed by atoms with Crippen LogP contribution in [0.3, 0.4) is 0 Å². The van der Waals surface area contributed by atoms with Crippen molar-refractivity contribution in [2.75, 3.05) is 17.8 Å². The van der Waals surface area contributed by atoms with Gasteiger partial charge in [0.2, 0.25) is 0 Å². The van der Waals surface area contributed by atoms with Gasteiger partial charge in [0.1, 0.15) is 12.1 Å². The second kappa shape index (κ2) is 6.78. The third-order valence-electron chi connectivity index (χ3n) is 3.65. The fraction of sp³-hybridized carbons (Fsp3) is 0.176. The molecule has 0 amide bonds. The summed E-state index contributed by atoms with van der Waals surface area (Å²) >= 11 is 1.70. The van der Waals surface area contributed by atoms with Gasteiger partial charge in [-0.25, -0.2) is 18.4 Å². The van der Waals surface area contributed by atoms with E-state index in [9.17, 15) is 8.42 Å². The van der Waals surface area contributed by atoms with E-state index in [0.29, 0.717) is 23.3 Å². The standard InChI is InChI=1S/C17H17N3O2S2/c1-23-13-5-3-12(4-6-13)10-18-17-15-9-14(24(2,21)22)7-8-16(15)19-11-20-17/h3-9,11H,10H2,1-2H3,(H,18,19,20). The Hall–Kier alpha value is -2.12. The molecule has 0 radical (unpaired) electrons. The smallest absolute Gasteiger partial charge is 0.175 e. The number of hydrogen-bond donors (Lipinski definition) is 1. The maximum absolute atomic E-state index is 11.8. The zero-order chi connectivity index (χ0) is 17.2. The van der Waals surface area contributed by atoms with Crippen molar-refractivity contribution in [2.45, 2.75) is 16.3 Å². The van der Waals surface area contributed by atoms with Crippen LogP contribution in [0.25, 0.3) is 10.9 Å². The lowest BCUT2D eigenvalue weighted by Gasteiger charge is -2.09. The molecule has 0 bridgehead atoms. The van der Waals surface area contributed by atoms with Gasteiger partial charge in [-0.2, -0.15) is 0 Å². The van der Waals surface area contributed by atoms with Gasteiger partial charge in [0, 0.05) is 23.1 Å². The lowest BCUT2D eigenvalue weighted by Crippen LogP contribution is -2.03. The highest BCUT2D eigenvalue weighted by Gasteiger charge is 2.11. The summed E-state index contributed by atoms with van der Waals surface area (Å²) in [5.41, 5.74) is 1.83. The van der Waals surface area contributed by atoms with Gasteiger partial charge in [-0.15, -0.1) is 11.8 Å². The average molecular weight is 359 g/mol. The average Bonchev–Trinajstić information content (AvgIpc) is 2.59. The van der Waals surface area contributed by atoms with Gasteiger partial charge in [-0.05, 0) is 42.2 Å². The van der Waals surface area contributed by atoms with Crippen LogP contribution in [0.15, 0.2) is 58.6 Å². The fourth-order valence-electron chi connectivity index (χ4n) is 2.34. The van der Waals surface area contributed by atoms with Crippen molar-refractivity contribution >= 4 is 38.3 Å². The van der Waals surface area contributed by atoms with E-state index in [0.717, 1.165) is 5.56 Å². The number of thioether (sulfide) groups is 1. The highest BCUT2D eigenvalue weighted by Crippen LogP contribution is 2.23. The third-order valence-corrected chi connectivity index (χ3v) is 5.51. The molecule has 3 rings (SSSR count). The lowest BCUT2D eigenvalue weighted by atomic mass is 10.2. The molecule has 2 aromatic carbocycles. The molecule has 0 aliphatic rings. The Morgan fingerprint density at radius 3 is 2.50 bits per heavy atom. The highest BCUT2D eigenvalue weighted by atomic mass is 32.2. The number of rotatable bonds is 5. The molecule has 0 saturated heterocycles. The first-order valence-electron chi connectivity index (χ1n) is 7.29. The molecule has 1 aromatic heterocycles. The van der Waals surface area contributed by atoms with Gasteiger partial charge in [-0.1, -0.05) is 12.1 Å². The Balaban J connectivity index is 1.90. The van der Waals surface area contributed by atoms with Gasteiger partial charge in [0.25, 0.3) is 0 Å². The largest absolute Gasteiger partial charge is 0.365 e. The predicted octanol–water partition coefficient (Wildman–Crippen LogP) is 3.37. The van der Waals surface area contributed by atoms with Crippen LogP contribution in [0.5, 0.6) is 0 Å². The molecule has 0 saturated carbocycles. The Morgan fingerprint density at radius 2 is 1.83 bits per heavy atom. The number of sulfone groups is 1. The maximum Gasteiger partial charge on any atom is 0.175 e. The molecule has 7 heteroatoms. The van der Waals surface area contributed by atoms with E-state index in [2.05, 4.69) is 39.6 Å². The van der Waals surface area contributed by atoms with Crippen LogP contribution in [-0.4, -0.2) is 30.9 Å². The SMILES string of the molecule is CSc1ccc(CNc2ncnc3ccc(S(C)(=O)=O)cc23)cc1. The summed E-state index contributed by atoms with van der Waals surface area (Å²) in [6.45, 7) is 0.601. The fourth-order valence-corrected chi connectivity index (χ4v) is 3.39. The summed E-state index contributed by atoms with van der Waals surface area (Å²) in [6.07, 6.45) is 4.71. The highest BCUT2D eigenvalue weighted by molar-refractivity contribution is 7.98. The first-order chi connectivity index (χ1) is 11.5. The van der Waals surface area contributed by atoms with Crippen molar-refractivity contribution < 1.29 is 8.42 Å². The van der Waals surface area contributed by atoms with Crippen molar-refractivity contribution in [3.63, 3.8) is 0 Å². The number of nitrogens with zero attached hydrogens (tertiary/aromatic N) is 2. The molecule has 24 heavy (non-hydrogen) atoms. The minimum Gasteiger partial charge on any atom is -0.365 e. The molecule has 0 unspecified atom stereocenters. The first-order valence-corrected chi connectivity index (χ1v) is 10.4. The monoisotopic (exact) mass is 359 g/mol. The van der Waals surface area contributed by atoms with Crippen molar-refractivity contribution in [1.82, 2.24) is 9.97 Å². The van der Waals surface area contributed by atoms with Crippen molar-refractivity contribution in [3.8, 4) is 0 Å². The quantitative estimate of drug-likeness (QED) is 0.704. The van der Waals surface area contributed by atoms with E-state index in [1.165, 1.54) is 17.5 Å². The molecule has 0 aliphatic heterocycles. The van der Waals surface area contributed by atoms with Gasteiger partial charge >= 0.3 is 0 Å². The molecule has 3 aromatic rings. The predicted molar refractivity (Wildman–Crippen MR) is 98.2 cm³/mol. The summed E-state index contributed by atoms with van der Waals surface area (Å²) in [5, 5.41) is 3.96. The number of aromatic nitrogens is 2. The number of anilines is 1. The molecule has 5 nitrogen and oxygen atoms in total. The van der Waals surface area contributed by atoms with E-state index >= 15 is 0 Å². The Morgan fingerprint density at radius 1 is 1.08 bits per heavy atom. The number of hydrogen-bond acceptors (Lipinski definition) is 6. The van der Waals surface area contributed by atoms with Crippen LogP contribution in [0.4, 0.5) is 5.82 Å². The summed E-state index contributed by atoms with van der Waals surface area (Å²) in [4.78, 5) is 9.93. The normalized spacial score (nSPS) is 11.6. The molecule has 0 fully saturated rings. The Labute approximate surface area is 145 Å². The second-order valence-corrected chi connectivity index (χ2v) is 8.27. The molecule has 124 valence electrons. The van der Waals surface area contributed by atoms with Gasteiger partial charge in [-0.3, -0.25) is 0 Å². The molecule has 0 atom stereocenters. The van der Waals surface area contributed by atoms with E-state index in [-0.39, 0.29) is 4.90 Å². The van der Waals surface area contributed by atoms with E-state index < -0.39 is 9.84 Å². The number of fused-ring (bicyclic) bond motifs is 1.